The molecule has 2 unspecified atom stereocenters. The van der Waals surface area contributed by atoms with Crippen molar-refractivity contribution in [2.24, 2.45) is 0 Å². The summed E-state index contributed by atoms with van der Waals surface area (Å²) in [5, 5.41) is 18.7. The van der Waals surface area contributed by atoms with E-state index < -0.39 is 60.3 Å². The second kappa shape index (κ2) is 10.5. The van der Waals surface area contributed by atoms with Crippen LogP contribution >= 0.6 is 69.6 Å². The zero-order valence-electron chi connectivity index (χ0n) is 13.9. The normalized spacial score (nSPS) is 14.1. The third kappa shape index (κ3) is 6.84. The van der Waals surface area contributed by atoms with E-state index in [1.54, 1.807) is 0 Å². The van der Waals surface area contributed by atoms with Crippen LogP contribution in [0.5, 0.6) is 0 Å². The molecule has 0 aliphatic carbocycles. The Balaban J connectivity index is 0.000000311. The Bertz CT molecular complexity index is 857. The van der Waals surface area contributed by atoms with Crippen LogP contribution in [-0.2, 0) is 0 Å². The number of aliphatic hydroxyl groups excluding tert-OH is 2. The molecule has 168 valence electrons. The summed E-state index contributed by atoms with van der Waals surface area (Å²) in [4.78, 5) is 0. The molecule has 2 rings (SSSR count). The van der Waals surface area contributed by atoms with Gasteiger partial charge < -0.3 is 10.2 Å². The lowest BCUT2D eigenvalue weighted by molar-refractivity contribution is 0.167. The molecule has 0 heterocycles. The van der Waals surface area contributed by atoms with Crippen LogP contribution in [0.3, 0.4) is 0 Å². The quantitative estimate of drug-likeness (QED) is 0.180. The average Bonchev–Trinajstić information content (AvgIpc) is 2.64. The van der Waals surface area contributed by atoms with Gasteiger partial charge in [-0.25, -0.2) is 26.3 Å². The van der Waals surface area contributed by atoms with Crippen LogP contribution in [0.25, 0.3) is 0 Å². The molecule has 0 aromatic heterocycles. The van der Waals surface area contributed by atoms with Gasteiger partial charge in [0.2, 0.25) is 13.4 Å². The second-order valence-electron chi connectivity index (χ2n) is 5.42. The van der Waals surface area contributed by atoms with Crippen molar-refractivity contribution < 1.29 is 36.6 Å². The number of hydrogen-bond donors (Lipinski definition) is 2. The molecule has 30 heavy (non-hydrogen) atoms. The summed E-state index contributed by atoms with van der Waals surface area (Å²) in [5.41, 5.74) is -1.23. The summed E-state index contributed by atoms with van der Waals surface area (Å²) in [6.45, 7) is 0. The van der Waals surface area contributed by atoms with Gasteiger partial charge in [0.1, 0.15) is 18.0 Å². The van der Waals surface area contributed by atoms with E-state index in [4.69, 9.17) is 69.6 Å². The summed E-state index contributed by atoms with van der Waals surface area (Å²) < 4.78 is 72.4. The molecule has 0 bridgehead atoms. The minimum atomic E-state index is -2.64. The van der Waals surface area contributed by atoms with Crippen LogP contribution in [0.2, 0.25) is 0 Å². The highest BCUT2D eigenvalue weighted by atomic mass is 35.6. The second-order valence-corrected chi connectivity index (χ2v) is 10.2. The lowest BCUT2D eigenvalue weighted by Gasteiger charge is -2.20. The summed E-state index contributed by atoms with van der Waals surface area (Å²) in [5.74, 6) is -11.7. The van der Waals surface area contributed by atoms with Gasteiger partial charge in [-0.2, -0.15) is 0 Å². The molecule has 0 saturated carbocycles. The van der Waals surface area contributed by atoms with Gasteiger partial charge in [-0.05, 0) is 17.7 Å². The molecule has 2 aromatic carbocycles. The van der Waals surface area contributed by atoms with Gasteiger partial charge in [0.05, 0.1) is 5.56 Å². The van der Waals surface area contributed by atoms with Crippen molar-refractivity contribution in [3.63, 3.8) is 0 Å². The molecule has 0 amide bonds. The molecule has 2 nitrogen and oxygen atoms in total. The van der Waals surface area contributed by atoms with Gasteiger partial charge in [0, 0.05) is 0 Å². The Hall–Kier alpha value is -0.320. The minimum Gasteiger partial charge on any atom is -0.384 e. The van der Waals surface area contributed by atoms with Gasteiger partial charge in [-0.3, -0.25) is 0 Å². The van der Waals surface area contributed by atoms with Crippen molar-refractivity contribution in [2.75, 3.05) is 0 Å². The lowest BCUT2D eigenvalue weighted by Crippen LogP contribution is -2.21. The van der Waals surface area contributed by atoms with Crippen LogP contribution in [0.1, 0.15) is 23.3 Å². The standard InChI is InChI=1S/C8H2Cl3F5O.C8H6Cl3FO/c9-8(10,11)7(17)1-2(12)4(14)6(16)5(15)3(1)13;9-8(10,11)7(13)5-1-3-6(12)4-2-5/h7,17H;1-4,7,13H. The number of alkyl halides is 6. The lowest BCUT2D eigenvalue weighted by atomic mass is 10.1. The summed E-state index contributed by atoms with van der Waals surface area (Å²) in [7, 11) is 0. The van der Waals surface area contributed by atoms with E-state index in [1.807, 2.05) is 0 Å². The van der Waals surface area contributed by atoms with Crippen LogP contribution in [-0.4, -0.2) is 17.8 Å². The minimum absolute atomic E-state index is 0.362. The van der Waals surface area contributed by atoms with Gasteiger partial charge >= 0.3 is 0 Å². The van der Waals surface area contributed by atoms with E-state index in [0.717, 1.165) is 0 Å². The first-order valence-electron chi connectivity index (χ1n) is 7.26. The highest BCUT2D eigenvalue weighted by Crippen LogP contribution is 2.42. The highest BCUT2D eigenvalue weighted by molar-refractivity contribution is 6.68. The topological polar surface area (TPSA) is 40.5 Å². The number of hydrogen-bond acceptors (Lipinski definition) is 2. The molecular weight excluding hydrogens is 551 g/mol. The van der Waals surface area contributed by atoms with Gasteiger partial charge in [-0.15, -0.1) is 0 Å². The van der Waals surface area contributed by atoms with E-state index in [2.05, 4.69) is 0 Å². The Morgan fingerprint density at radius 2 is 0.900 bits per heavy atom. The Morgan fingerprint density at radius 1 is 0.567 bits per heavy atom. The van der Waals surface area contributed by atoms with E-state index in [9.17, 15) is 36.6 Å². The molecule has 0 aliphatic heterocycles. The van der Waals surface area contributed by atoms with Gasteiger partial charge in [0.25, 0.3) is 0 Å². The van der Waals surface area contributed by atoms with Crippen molar-refractivity contribution in [2.45, 2.75) is 19.8 Å². The number of benzene rings is 2. The predicted octanol–water partition coefficient (Wildman–Crippen LogP) is 7.02. The Kier molecular flexibility index (Phi) is 9.73. The van der Waals surface area contributed by atoms with Gasteiger partial charge in [-0.1, -0.05) is 81.7 Å². The first-order chi connectivity index (χ1) is 13.5. The first-order valence-corrected chi connectivity index (χ1v) is 9.53. The van der Waals surface area contributed by atoms with Crippen LogP contribution in [0.15, 0.2) is 24.3 Å². The number of aliphatic hydroxyl groups is 2. The molecule has 2 atom stereocenters. The summed E-state index contributed by atoms with van der Waals surface area (Å²) in [6, 6.07) is 5.10. The van der Waals surface area contributed by atoms with E-state index in [0.29, 0.717) is 5.56 Å². The number of halogens is 12. The molecule has 2 N–H and O–H groups in total. The maximum Gasteiger partial charge on any atom is 0.220 e. The Morgan fingerprint density at radius 3 is 1.23 bits per heavy atom. The predicted molar refractivity (Wildman–Crippen MR) is 103 cm³/mol. The zero-order chi connectivity index (χ0) is 23.6. The highest BCUT2D eigenvalue weighted by Gasteiger charge is 2.39. The van der Waals surface area contributed by atoms with Crippen molar-refractivity contribution in [3.05, 3.63) is 70.3 Å². The van der Waals surface area contributed by atoms with Crippen LogP contribution in [0, 0.1) is 34.9 Å². The fourth-order valence-electron chi connectivity index (χ4n) is 1.86. The maximum absolute atomic E-state index is 13.1. The van der Waals surface area contributed by atoms with Crippen molar-refractivity contribution >= 4 is 69.6 Å². The Labute approximate surface area is 195 Å². The molecular formula is C16H8Cl6F6O2. The molecule has 0 spiro atoms. The van der Waals surface area contributed by atoms with Crippen LogP contribution in [0.4, 0.5) is 26.3 Å². The van der Waals surface area contributed by atoms with Crippen molar-refractivity contribution in [1.29, 1.82) is 0 Å². The third-order valence-corrected chi connectivity index (χ3v) is 4.56. The molecule has 0 aliphatic rings. The SMILES string of the molecule is OC(c1c(F)c(F)c(F)c(F)c1F)C(Cl)(Cl)Cl.OC(c1ccc(F)cc1)C(Cl)(Cl)Cl. The summed E-state index contributed by atoms with van der Waals surface area (Å²) >= 11 is 31.7. The smallest absolute Gasteiger partial charge is 0.220 e. The van der Waals surface area contributed by atoms with Crippen molar-refractivity contribution in [3.8, 4) is 0 Å². The van der Waals surface area contributed by atoms with Crippen molar-refractivity contribution in [1.82, 2.24) is 0 Å². The third-order valence-electron chi connectivity index (χ3n) is 3.32. The van der Waals surface area contributed by atoms with Crippen LogP contribution < -0.4 is 0 Å². The zero-order valence-corrected chi connectivity index (χ0v) is 18.4. The summed E-state index contributed by atoms with van der Waals surface area (Å²) in [6.07, 6.45) is -3.75. The first kappa shape index (κ1) is 27.7. The monoisotopic (exact) mass is 556 g/mol. The fraction of sp³-hybridized carbons (Fsp3) is 0.250. The molecule has 2 aromatic rings. The molecule has 0 fully saturated rings. The van der Waals surface area contributed by atoms with E-state index >= 15 is 0 Å². The average molecular weight is 559 g/mol. The van der Waals surface area contributed by atoms with E-state index in [-0.39, 0.29) is 0 Å². The fourth-order valence-corrected chi connectivity index (χ4v) is 2.56. The van der Waals surface area contributed by atoms with Gasteiger partial charge in [0.15, 0.2) is 23.3 Å². The molecule has 14 heteroatoms. The molecule has 0 saturated heterocycles. The maximum atomic E-state index is 13.1. The van der Waals surface area contributed by atoms with E-state index in [1.165, 1.54) is 24.3 Å². The molecule has 0 radical (unpaired) electrons. The largest absolute Gasteiger partial charge is 0.384 e. The number of rotatable bonds is 2.